The largest absolute Gasteiger partial charge is 0.481 e. The minimum atomic E-state index is -1.15. The lowest BCUT2D eigenvalue weighted by molar-refractivity contribution is -0.146. The van der Waals surface area contributed by atoms with Crippen molar-refractivity contribution in [1.82, 2.24) is 5.32 Å². The van der Waals surface area contributed by atoms with Gasteiger partial charge in [0.1, 0.15) is 6.04 Å². The zero-order chi connectivity index (χ0) is 14.6. The van der Waals surface area contributed by atoms with Crippen LogP contribution in [0.2, 0.25) is 0 Å². The summed E-state index contributed by atoms with van der Waals surface area (Å²) < 4.78 is 0. The van der Waals surface area contributed by atoms with Crippen molar-refractivity contribution >= 4 is 11.9 Å². The summed E-state index contributed by atoms with van der Waals surface area (Å²) in [7, 11) is 0. The number of nitrogens with one attached hydrogen (secondary N) is 1. The Morgan fingerprint density at radius 3 is 2.32 bits per heavy atom. The van der Waals surface area contributed by atoms with Crippen molar-refractivity contribution in [1.29, 1.82) is 0 Å². The molecule has 0 aliphatic rings. The lowest BCUT2D eigenvalue weighted by atomic mass is 9.98. The SMILES string of the molecule is Cc1ccc(CN[C@H](CC(=O)O)C(=O)O)c(C)c1C. The summed E-state index contributed by atoms with van der Waals surface area (Å²) in [4.78, 5) is 21.5. The average molecular weight is 265 g/mol. The van der Waals surface area contributed by atoms with Crippen molar-refractivity contribution in [3.63, 3.8) is 0 Å². The molecule has 0 bridgehead atoms. The minimum absolute atomic E-state index is 0.344. The van der Waals surface area contributed by atoms with Crippen LogP contribution in [-0.4, -0.2) is 28.2 Å². The van der Waals surface area contributed by atoms with Gasteiger partial charge in [-0.3, -0.25) is 14.9 Å². The van der Waals surface area contributed by atoms with E-state index in [0.29, 0.717) is 6.54 Å². The summed E-state index contributed by atoms with van der Waals surface area (Å²) in [5.41, 5.74) is 4.44. The van der Waals surface area contributed by atoms with Crippen molar-refractivity contribution in [3.8, 4) is 0 Å². The van der Waals surface area contributed by atoms with E-state index in [1.54, 1.807) is 0 Å². The number of hydrogen-bond donors (Lipinski definition) is 3. The molecule has 1 aromatic carbocycles. The predicted octanol–water partition coefficient (Wildman–Crippen LogP) is 1.63. The van der Waals surface area contributed by atoms with Crippen LogP contribution in [0, 0.1) is 20.8 Å². The van der Waals surface area contributed by atoms with E-state index in [9.17, 15) is 9.59 Å². The van der Waals surface area contributed by atoms with Crippen LogP contribution in [0.25, 0.3) is 0 Å². The molecule has 0 aliphatic carbocycles. The maximum Gasteiger partial charge on any atom is 0.321 e. The molecule has 0 aromatic heterocycles. The van der Waals surface area contributed by atoms with E-state index in [1.165, 1.54) is 11.1 Å². The van der Waals surface area contributed by atoms with Gasteiger partial charge in [0, 0.05) is 6.54 Å². The van der Waals surface area contributed by atoms with E-state index in [-0.39, 0.29) is 0 Å². The van der Waals surface area contributed by atoms with Gasteiger partial charge >= 0.3 is 11.9 Å². The molecule has 0 spiro atoms. The monoisotopic (exact) mass is 265 g/mol. The van der Waals surface area contributed by atoms with E-state index in [2.05, 4.69) is 5.32 Å². The molecule has 1 atom stereocenters. The number of hydrogen-bond acceptors (Lipinski definition) is 3. The van der Waals surface area contributed by atoms with Crippen molar-refractivity contribution in [2.24, 2.45) is 0 Å². The fourth-order valence-corrected chi connectivity index (χ4v) is 1.86. The molecular weight excluding hydrogens is 246 g/mol. The van der Waals surface area contributed by atoms with Gasteiger partial charge < -0.3 is 10.2 Å². The van der Waals surface area contributed by atoms with E-state index in [4.69, 9.17) is 10.2 Å². The third-order valence-corrected chi connectivity index (χ3v) is 3.39. The number of carboxylic acids is 2. The Kier molecular flexibility index (Phi) is 5.06. The first kappa shape index (κ1) is 15.2. The molecule has 3 N–H and O–H groups in total. The van der Waals surface area contributed by atoms with Gasteiger partial charge in [0.15, 0.2) is 0 Å². The second-order valence-electron chi connectivity index (χ2n) is 4.66. The topological polar surface area (TPSA) is 86.6 Å². The van der Waals surface area contributed by atoms with Crippen LogP contribution < -0.4 is 5.32 Å². The second-order valence-corrected chi connectivity index (χ2v) is 4.66. The lowest BCUT2D eigenvalue weighted by Gasteiger charge is -2.15. The maximum atomic E-state index is 10.9. The Bertz CT molecular complexity index is 496. The van der Waals surface area contributed by atoms with Gasteiger partial charge in [0.2, 0.25) is 0 Å². The van der Waals surface area contributed by atoms with Crippen LogP contribution in [0.1, 0.15) is 28.7 Å². The highest BCUT2D eigenvalue weighted by Crippen LogP contribution is 2.17. The van der Waals surface area contributed by atoms with Gasteiger partial charge in [-0.1, -0.05) is 12.1 Å². The van der Waals surface area contributed by atoms with Crippen LogP contribution in [0.5, 0.6) is 0 Å². The van der Waals surface area contributed by atoms with Crippen molar-refractivity contribution in [2.45, 2.75) is 39.8 Å². The molecule has 0 unspecified atom stereocenters. The van der Waals surface area contributed by atoms with Crippen LogP contribution >= 0.6 is 0 Å². The standard InChI is InChI=1S/C14H19NO4/c1-8-4-5-11(10(3)9(8)2)7-15-12(14(18)19)6-13(16)17/h4-5,12,15H,6-7H2,1-3H3,(H,16,17)(H,18,19)/t12-/m1/s1. The number of aryl methyl sites for hydroxylation is 1. The first-order valence-electron chi connectivity index (χ1n) is 6.06. The third kappa shape index (κ3) is 4.06. The van der Waals surface area contributed by atoms with Crippen LogP contribution in [0.3, 0.4) is 0 Å². The number of aliphatic carboxylic acids is 2. The molecular formula is C14H19NO4. The van der Waals surface area contributed by atoms with E-state index in [1.807, 2.05) is 32.9 Å². The summed E-state index contributed by atoms with van der Waals surface area (Å²) in [6, 6.07) is 2.84. The number of benzene rings is 1. The molecule has 0 saturated heterocycles. The number of rotatable bonds is 6. The molecule has 1 aromatic rings. The lowest BCUT2D eigenvalue weighted by Crippen LogP contribution is -2.38. The maximum absolute atomic E-state index is 10.9. The first-order chi connectivity index (χ1) is 8.82. The summed E-state index contributed by atoms with van der Waals surface area (Å²) in [5.74, 6) is -2.28. The Balaban J connectivity index is 2.77. The predicted molar refractivity (Wildman–Crippen MR) is 71.2 cm³/mol. The Labute approximate surface area is 112 Å². The number of carboxylic acid groups (broad SMARTS) is 2. The quantitative estimate of drug-likeness (QED) is 0.727. The normalized spacial score (nSPS) is 12.2. The zero-order valence-corrected chi connectivity index (χ0v) is 11.4. The fraction of sp³-hybridized carbons (Fsp3) is 0.429. The zero-order valence-electron chi connectivity index (χ0n) is 11.4. The molecule has 0 saturated carbocycles. The summed E-state index contributed by atoms with van der Waals surface area (Å²) >= 11 is 0. The molecule has 5 heteroatoms. The number of carbonyl (C=O) groups is 2. The molecule has 0 radical (unpaired) electrons. The van der Waals surface area contributed by atoms with Crippen LogP contribution in [0.4, 0.5) is 0 Å². The highest BCUT2D eigenvalue weighted by atomic mass is 16.4. The molecule has 0 fully saturated rings. The van der Waals surface area contributed by atoms with Gasteiger partial charge in [0.25, 0.3) is 0 Å². The Hall–Kier alpha value is -1.88. The highest BCUT2D eigenvalue weighted by Gasteiger charge is 2.20. The molecule has 0 amide bonds. The van der Waals surface area contributed by atoms with Gasteiger partial charge in [-0.25, -0.2) is 0 Å². The molecule has 19 heavy (non-hydrogen) atoms. The van der Waals surface area contributed by atoms with Crippen molar-refractivity contribution < 1.29 is 19.8 Å². The van der Waals surface area contributed by atoms with Crippen LogP contribution in [0.15, 0.2) is 12.1 Å². The van der Waals surface area contributed by atoms with E-state index < -0.39 is 24.4 Å². The summed E-state index contributed by atoms with van der Waals surface area (Å²) in [6.07, 6.45) is -0.431. The molecule has 5 nitrogen and oxygen atoms in total. The first-order valence-corrected chi connectivity index (χ1v) is 6.06. The van der Waals surface area contributed by atoms with Crippen LogP contribution in [-0.2, 0) is 16.1 Å². The molecule has 0 heterocycles. The fourth-order valence-electron chi connectivity index (χ4n) is 1.86. The highest BCUT2D eigenvalue weighted by molar-refractivity contribution is 5.80. The smallest absolute Gasteiger partial charge is 0.321 e. The minimum Gasteiger partial charge on any atom is -0.481 e. The van der Waals surface area contributed by atoms with Crippen molar-refractivity contribution in [2.75, 3.05) is 0 Å². The van der Waals surface area contributed by atoms with Gasteiger partial charge in [-0.15, -0.1) is 0 Å². The van der Waals surface area contributed by atoms with E-state index >= 15 is 0 Å². The Morgan fingerprint density at radius 2 is 1.79 bits per heavy atom. The Morgan fingerprint density at radius 1 is 1.16 bits per heavy atom. The summed E-state index contributed by atoms with van der Waals surface area (Å²) in [5, 5.41) is 20.4. The molecule has 1 rings (SSSR count). The third-order valence-electron chi connectivity index (χ3n) is 3.39. The van der Waals surface area contributed by atoms with Crippen molar-refractivity contribution in [3.05, 3.63) is 34.4 Å². The van der Waals surface area contributed by atoms with Gasteiger partial charge in [-0.2, -0.15) is 0 Å². The van der Waals surface area contributed by atoms with Gasteiger partial charge in [0.05, 0.1) is 6.42 Å². The average Bonchev–Trinajstić information content (AvgIpc) is 2.33. The second kappa shape index (κ2) is 6.33. The molecule has 0 aliphatic heterocycles. The summed E-state index contributed by atoms with van der Waals surface area (Å²) in [6.45, 7) is 6.35. The van der Waals surface area contributed by atoms with Gasteiger partial charge in [-0.05, 0) is 43.0 Å². The van der Waals surface area contributed by atoms with E-state index in [0.717, 1.165) is 11.1 Å². The molecule has 104 valence electrons.